The van der Waals surface area contributed by atoms with Gasteiger partial charge < -0.3 is 14.8 Å². The Morgan fingerprint density at radius 1 is 1.07 bits per heavy atom. The number of rotatable bonds is 8. The molecule has 0 saturated carbocycles. The second-order valence-electron chi connectivity index (χ2n) is 6.48. The lowest BCUT2D eigenvalue weighted by atomic mass is 10.1. The Morgan fingerprint density at radius 2 is 1.79 bits per heavy atom. The van der Waals surface area contributed by atoms with Crippen molar-refractivity contribution in [3.8, 4) is 11.5 Å². The van der Waals surface area contributed by atoms with Gasteiger partial charge in [0.2, 0.25) is 0 Å². The molecule has 28 heavy (non-hydrogen) atoms. The summed E-state index contributed by atoms with van der Waals surface area (Å²) in [6, 6.07) is 16.9. The molecule has 6 nitrogen and oxygen atoms in total. The summed E-state index contributed by atoms with van der Waals surface area (Å²) in [7, 11) is 1.87. The van der Waals surface area contributed by atoms with Gasteiger partial charge >= 0.3 is 0 Å². The van der Waals surface area contributed by atoms with Crippen LogP contribution in [0.2, 0.25) is 0 Å². The molecule has 146 valence electrons. The normalized spacial score (nSPS) is 10.5. The van der Waals surface area contributed by atoms with Crippen molar-refractivity contribution >= 4 is 5.91 Å². The topological polar surface area (TPSA) is 65.4 Å². The van der Waals surface area contributed by atoms with Crippen molar-refractivity contribution in [2.24, 2.45) is 7.05 Å². The molecule has 0 fully saturated rings. The SMILES string of the molecule is CCOc1ccc(OCc2cccc(C(=O)NCc3cc(C)nn3C)c2)cc1. The summed E-state index contributed by atoms with van der Waals surface area (Å²) in [5.41, 5.74) is 3.42. The van der Waals surface area contributed by atoms with Crippen LogP contribution in [0, 0.1) is 6.92 Å². The molecule has 3 rings (SSSR count). The van der Waals surface area contributed by atoms with Gasteiger partial charge in [0.15, 0.2) is 0 Å². The maximum atomic E-state index is 12.5. The van der Waals surface area contributed by atoms with Crippen LogP contribution in [0.5, 0.6) is 11.5 Å². The predicted octanol–water partition coefficient (Wildman–Crippen LogP) is 3.64. The summed E-state index contributed by atoms with van der Waals surface area (Å²) in [6.07, 6.45) is 0. The van der Waals surface area contributed by atoms with Crippen LogP contribution in [-0.4, -0.2) is 22.3 Å². The van der Waals surface area contributed by atoms with Gasteiger partial charge in [0, 0.05) is 12.6 Å². The lowest BCUT2D eigenvalue weighted by Crippen LogP contribution is -2.24. The van der Waals surface area contributed by atoms with Crippen LogP contribution >= 0.6 is 0 Å². The fourth-order valence-electron chi connectivity index (χ4n) is 2.87. The van der Waals surface area contributed by atoms with Crippen molar-refractivity contribution < 1.29 is 14.3 Å². The van der Waals surface area contributed by atoms with E-state index in [1.807, 2.05) is 69.4 Å². The Labute approximate surface area is 165 Å². The van der Waals surface area contributed by atoms with Crippen molar-refractivity contribution in [2.45, 2.75) is 27.0 Å². The lowest BCUT2D eigenvalue weighted by Gasteiger charge is -2.10. The van der Waals surface area contributed by atoms with Gasteiger partial charge in [0.25, 0.3) is 5.91 Å². The Balaban J connectivity index is 1.56. The number of carbonyl (C=O) groups is 1. The standard InChI is InChI=1S/C22H25N3O3/c1-4-27-20-8-10-21(11-9-20)28-15-17-6-5-7-18(13-17)22(26)23-14-19-12-16(2)24-25(19)3/h5-13H,4,14-15H2,1-3H3,(H,23,26). The van der Waals surface area contributed by atoms with Crippen LogP contribution in [-0.2, 0) is 20.2 Å². The smallest absolute Gasteiger partial charge is 0.251 e. The van der Waals surface area contributed by atoms with Crippen LogP contribution in [0.4, 0.5) is 0 Å². The van der Waals surface area contributed by atoms with Crippen molar-refractivity contribution in [1.82, 2.24) is 15.1 Å². The monoisotopic (exact) mass is 379 g/mol. The maximum Gasteiger partial charge on any atom is 0.251 e. The van der Waals surface area contributed by atoms with E-state index < -0.39 is 0 Å². The molecule has 2 aromatic carbocycles. The molecule has 0 radical (unpaired) electrons. The third kappa shape index (κ3) is 5.13. The molecule has 0 unspecified atom stereocenters. The first-order valence-corrected chi connectivity index (χ1v) is 9.27. The fraction of sp³-hybridized carbons (Fsp3) is 0.273. The van der Waals surface area contributed by atoms with Gasteiger partial charge in [-0.05, 0) is 61.9 Å². The molecule has 0 aliphatic heterocycles. The molecule has 3 aromatic rings. The number of hydrogen-bond donors (Lipinski definition) is 1. The molecular formula is C22H25N3O3. The van der Waals surface area contributed by atoms with Crippen LogP contribution in [0.3, 0.4) is 0 Å². The van der Waals surface area contributed by atoms with E-state index in [-0.39, 0.29) is 5.91 Å². The molecule has 0 aliphatic rings. The molecular weight excluding hydrogens is 354 g/mol. The molecule has 1 amide bonds. The summed E-state index contributed by atoms with van der Waals surface area (Å²) in [4.78, 5) is 12.5. The van der Waals surface area contributed by atoms with E-state index in [4.69, 9.17) is 9.47 Å². The molecule has 0 spiro atoms. The average Bonchev–Trinajstić information content (AvgIpc) is 3.03. The van der Waals surface area contributed by atoms with Crippen molar-refractivity contribution in [2.75, 3.05) is 6.61 Å². The molecule has 0 aliphatic carbocycles. The predicted molar refractivity (Wildman–Crippen MR) is 108 cm³/mol. The van der Waals surface area contributed by atoms with E-state index in [9.17, 15) is 4.79 Å². The van der Waals surface area contributed by atoms with Gasteiger partial charge in [-0.1, -0.05) is 12.1 Å². The van der Waals surface area contributed by atoms with Crippen LogP contribution in [0.25, 0.3) is 0 Å². The molecule has 1 heterocycles. The summed E-state index contributed by atoms with van der Waals surface area (Å²) in [5, 5.41) is 7.22. The minimum Gasteiger partial charge on any atom is -0.494 e. The Morgan fingerprint density at radius 3 is 2.43 bits per heavy atom. The number of carbonyl (C=O) groups excluding carboxylic acids is 1. The average molecular weight is 379 g/mol. The van der Waals surface area contributed by atoms with Gasteiger partial charge in [0.1, 0.15) is 18.1 Å². The third-order valence-corrected chi connectivity index (χ3v) is 4.26. The third-order valence-electron chi connectivity index (χ3n) is 4.26. The summed E-state index contributed by atoms with van der Waals surface area (Å²) in [6.45, 7) is 5.33. The summed E-state index contributed by atoms with van der Waals surface area (Å²) >= 11 is 0. The largest absolute Gasteiger partial charge is 0.494 e. The van der Waals surface area contributed by atoms with E-state index in [0.717, 1.165) is 28.5 Å². The zero-order chi connectivity index (χ0) is 19.9. The van der Waals surface area contributed by atoms with E-state index in [1.54, 1.807) is 10.7 Å². The minimum atomic E-state index is -0.123. The minimum absolute atomic E-state index is 0.123. The zero-order valence-electron chi connectivity index (χ0n) is 16.4. The van der Waals surface area contributed by atoms with Gasteiger partial charge in [0.05, 0.1) is 24.5 Å². The summed E-state index contributed by atoms with van der Waals surface area (Å²) < 4.78 is 13.0. The fourth-order valence-corrected chi connectivity index (χ4v) is 2.87. The Kier molecular flexibility index (Phi) is 6.32. The second-order valence-corrected chi connectivity index (χ2v) is 6.48. The van der Waals surface area contributed by atoms with Gasteiger partial charge in [-0.3, -0.25) is 9.48 Å². The first-order chi connectivity index (χ1) is 13.5. The van der Waals surface area contributed by atoms with Crippen molar-refractivity contribution in [3.63, 3.8) is 0 Å². The molecule has 0 saturated heterocycles. The van der Waals surface area contributed by atoms with Gasteiger partial charge in [-0.15, -0.1) is 0 Å². The van der Waals surface area contributed by atoms with E-state index in [0.29, 0.717) is 25.3 Å². The number of nitrogens with zero attached hydrogens (tertiary/aromatic N) is 2. The Bertz CT molecular complexity index is 932. The molecule has 1 N–H and O–H groups in total. The van der Waals surface area contributed by atoms with E-state index in [2.05, 4.69) is 10.4 Å². The van der Waals surface area contributed by atoms with E-state index in [1.165, 1.54) is 0 Å². The lowest BCUT2D eigenvalue weighted by molar-refractivity contribution is 0.0950. The molecule has 0 bridgehead atoms. The van der Waals surface area contributed by atoms with Crippen LogP contribution in [0.15, 0.2) is 54.6 Å². The molecule has 1 aromatic heterocycles. The van der Waals surface area contributed by atoms with Gasteiger partial charge in [-0.25, -0.2) is 0 Å². The highest BCUT2D eigenvalue weighted by Crippen LogP contribution is 2.19. The Hall–Kier alpha value is -3.28. The number of ether oxygens (including phenoxy) is 2. The highest BCUT2D eigenvalue weighted by Gasteiger charge is 2.09. The highest BCUT2D eigenvalue weighted by atomic mass is 16.5. The zero-order valence-corrected chi connectivity index (χ0v) is 16.4. The van der Waals surface area contributed by atoms with Crippen molar-refractivity contribution in [3.05, 3.63) is 77.1 Å². The first kappa shape index (κ1) is 19.5. The second kappa shape index (κ2) is 9.08. The van der Waals surface area contributed by atoms with Gasteiger partial charge in [-0.2, -0.15) is 5.10 Å². The maximum absolute atomic E-state index is 12.5. The van der Waals surface area contributed by atoms with Crippen LogP contribution < -0.4 is 14.8 Å². The number of aromatic nitrogens is 2. The molecule has 6 heteroatoms. The van der Waals surface area contributed by atoms with Crippen LogP contribution in [0.1, 0.15) is 34.2 Å². The number of hydrogen-bond acceptors (Lipinski definition) is 4. The number of nitrogens with one attached hydrogen (secondary N) is 1. The molecule has 0 atom stereocenters. The number of aryl methyl sites for hydroxylation is 2. The number of amides is 1. The summed E-state index contributed by atoms with van der Waals surface area (Å²) in [5.74, 6) is 1.45. The first-order valence-electron chi connectivity index (χ1n) is 9.27. The van der Waals surface area contributed by atoms with Crippen molar-refractivity contribution in [1.29, 1.82) is 0 Å². The highest BCUT2D eigenvalue weighted by molar-refractivity contribution is 5.94. The number of benzene rings is 2. The van der Waals surface area contributed by atoms with E-state index >= 15 is 0 Å². The quantitative estimate of drug-likeness (QED) is 0.649.